The van der Waals surface area contributed by atoms with E-state index in [1.54, 1.807) is 29.2 Å². The lowest BCUT2D eigenvalue weighted by Crippen LogP contribution is -2.32. The van der Waals surface area contributed by atoms with Gasteiger partial charge in [-0.2, -0.15) is 0 Å². The van der Waals surface area contributed by atoms with E-state index in [-0.39, 0.29) is 17.4 Å². The minimum Gasteiger partial charge on any atom is -0.507 e. The highest BCUT2D eigenvalue weighted by molar-refractivity contribution is 6.46. The van der Waals surface area contributed by atoms with Crippen LogP contribution in [0.1, 0.15) is 50.8 Å². The van der Waals surface area contributed by atoms with Crippen molar-refractivity contribution in [3.63, 3.8) is 0 Å². The largest absolute Gasteiger partial charge is 0.507 e. The van der Waals surface area contributed by atoms with Gasteiger partial charge in [-0.1, -0.05) is 19.1 Å². The Kier molecular flexibility index (Phi) is 8.93. The molecule has 1 unspecified atom stereocenters. The summed E-state index contributed by atoms with van der Waals surface area (Å²) in [7, 11) is 3.93. The highest BCUT2D eigenvalue weighted by Crippen LogP contribution is 2.40. The molecule has 188 valence electrons. The third-order valence-corrected chi connectivity index (χ3v) is 5.71. The first-order valence-electron chi connectivity index (χ1n) is 12.2. The Morgan fingerprint density at radius 3 is 2.23 bits per heavy atom. The molecule has 1 fully saturated rings. The van der Waals surface area contributed by atoms with Crippen LogP contribution in [0, 0.1) is 0 Å². The molecule has 1 atom stereocenters. The van der Waals surface area contributed by atoms with Gasteiger partial charge in [-0.25, -0.2) is 0 Å². The first-order valence-corrected chi connectivity index (χ1v) is 12.2. The molecule has 3 rings (SSSR count). The van der Waals surface area contributed by atoms with Gasteiger partial charge in [0.25, 0.3) is 11.7 Å². The molecule has 0 aliphatic carbocycles. The Hall–Kier alpha value is -3.32. The monoisotopic (exact) mass is 480 g/mol. The van der Waals surface area contributed by atoms with E-state index >= 15 is 0 Å². The van der Waals surface area contributed by atoms with Crippen molar-refractivity contribution in [2.75, 3.05) is 33.8 Å². The third-order valence-electron chi connectivity index (χ3n) is 5.71. The van der Waals surface area contributed by atoms with Crippen LogP contribution in [-0.2, 0) is 9.59 Å². The smallest absolute Gasteiger partial charge is 0.295 e. The van der Waals surface area contributed by atoms with Gasteiger partial charge >= 0.3 is 0 Å². The molecule has 1 saturated heterocycles. The number of carbonyl (C=O) groups is 2. The molecule has 0 spiro atoms. The van der Waals surface area contributed by atoms with E-state index in [2.05, 4.69) is 0 Å². The second kappa shape index (κ2) is 11.9. The van der Waals surface area contributed by atoms with Crippen molar-refractivity contribution in [3.05, 3.63) is 65.2 Å². The number of aliphatic hydroxyl groups is 1. The highest BCUT2D eigenvalue weighted by atomic mass is 16.5. The van der Waals surface area contributed by atoms with Crippen molar-refractivity contribution in [2.24, 2.45) is 0 Å². The Balaban J connectivity index is 2.01. The van der Waals surface area contributed by atoms with Gasteiger partial charge in [-0.3, -0.25) is 9.59 Å². The van der Waals surface area contributed by atoms with Gasteiger partial charge in [-0.05, 0) is 89.3 Å². The molecule has 2 aromatic carbocycles. The molecule has 1 heterocycles. The predicted octanol–water partition coefficient (Wildman–Crippen LogP) is 4.64. The van der Waals surface area contributed by atoms with Crippen LogP contribution in [0.3, 0.4) is 0 Å². The van der Waals surface area contributed by atoms with Crippen LogP contribution in [0.2, 0.25) is 0 Å². The lowest BCUT2D eigenvalue weighted by molar-refractivity contribution is -0.139. The van der Waals surface area contributed by atoms with Crippen molar-refractivity contribution in [1.82, 2.24) is 9.80 Å². The zero-order valence-electron chi connectivity index (χ0n) is 21.3. The second-order valence-electron chi connectivity index (χ2n) is 9.26. The van der Waals surface area contributed by atoms with Gasteiger partial charge < -0.3 is 24.4 Å². The molecule has 1 aliphatic heterocycles. The molecule has 2 aromatic rings. The zero-order chi connectivity index (χ0) is 25.5. The lowest BCUT2D eigenvalue weighted by Gasteiger charge is -2.26. The molecule has 0 saturated carbocycles. The van der Waals surface area contributed by atoms with E-state index in [4.69, 9.17) is 9.47 Å². The summed E-state index contributed by atoms with van der Waals surface area (Å²) in [5, 5.41) is 11.2. The van der Waals surface area contributed by atoms with Gasteiger partial charge in [0.05, 0.1) is 24.3 Å². The number of likely N-dealkylation sites (tertiary alicyclic amines) is 1. The summed E-state index contributed by atoms with van der Waals surface area (Å²) < 4.78 is 11.4. The van der Waals surface area contributed by atoms with Crippen LogP contribution < -0.4 is 9.47 Å². The van der Waals surface area contributed by atoms with E-state index in [9.17, 15) is 14.7 Å². The summed E-state index contributed by atoms with van der Waals surface area (Å²) in [6.45, 7) is 7.70. The van der Waals surface area contributed by atoms with Crippen molar-refractivity contribution >= 4 is 17.4 Å². The van der Waals surface area contributed by atoms with Crippen LogP contribution >= 0.6 is 0 Å². The number of carbonyl (C=O) groups excluding carboxylic acids is 2. The molecule has 1 N–H and O–H groups in total. The number of hydrogen-bond acceptors (Lipinski definition) is 6. The number of ketones is 1. The summed E-state index contributed by atoms with van der Waals surface area (Å²) >= 11 is 0. The number of Topliss-reactive ketones (excluding diaryl/α,β-unsaturated/α-hetero) is 1. The summed E-state index contributed by atoms with van der Waals surface area (Å²) in [6, 6.07) is 13.6. The van der Waals surface area contributed by atoms with Gasteiger partial charge in [-0.15, -0.1) is 0 Å². The summed E-state index contributed by atoms with van der Waals surface area (Å²) in [4.78, 5) is 29.8. The minimum atomic E-state index is -0.679. The maximum absolute atomic E-state index is 13.2. The molecule has 7 nitrogen and oxygen atoms in total. The van der Waals surface area contributed by atoms with Gasteiger partial charge in [0.1, 0.15) is 17.3 Å². The fraction of sp³-hybridized carbons (Fsp3) is 0.429. The predicted molar refractivity (Wildman–Crippen MR) is 137 cm³/mol. The molecule has 35 heavy (non-hydrogen) atoms. The molecule has 0 bridgehead atoms. The van der Waals surface area contributed by atoms with E-state index in [0.29, 0.717) is 36.6 Å². The Morgan fingerprint density at radius 2 is 1.66 bits per heavy atom. The number of ether oxygens (including phenoxy) is 2. The van der Waals surface area contributed by atoms with E-state index in [0.717, 1.165) is 18.5 Å². The molecule has 7 heteroatoms. The standard InChI is InChI=1S/C28H36N2O5/c1-6-18-34-22-12-10-21(11-13-22)26(31)24-25(20-8-14-23(15-9-20)35-19(2)3)30(28(33)27(24)32)17-7-16-29(4)5/h8-15,19,25,31H,6-7,16-18H2,1-5H3. The van der Waals surface area contributed by atoms with E-state index in [1.807, 2.05) is 64.0 Å². The summed E-state index contributed by atoms with van der Waals surface area (Å²) in [5.41, 5.74) is 1.30. The lowest BCUT2D eigenvalue weighted by atomic mass is 9.95. The summed E-state index contributed by atoms with van der Waals surface area (Å²) in [5.74, 6) is -0.0688. The van der Waals surface area contributed by atoms with Crippen LogP contribution in [0.5, 0.6) is 11.5 Å². The summed E-state index contributed by atoms with van der Waals surface area (Å²) in [6.07, 6.45) is 1.62. The van der Waals surface area contributed by atoms with Crippen molar-refractivity contribution in [3.8, 4) is 11.5 Å². The average molecular weight is 481 g/mol. The molecular weight excluding hydrogens is 444 g/mol. The van der Waals surface area contributed by atoms with E-state index in [1.165, 1.54) is 0 Å². The Morgan fingerprint density at radius 1 is 1.03 bits per heavy atom. The van der Waals surface area contributed by atoms with Crippen LogP contribution in [0.15, 0.2) is 54.1 Å². The zero-order valence-corrected chi connectivity index (χ0v) is 21.3. The average Bonchev–Trinajstić information content (AvgIpc) is 3.07. The third kappa shape index (κ3) is 6.42. The van der Waals surface area contributed by atoms with Crippen LogP contribution in [-0.4, -0.2) is 66.5 Å². The number of nitrogens with zero attached hydrogens (tertiary/aromatic N) is 2. The molecule has 0 radical (unpaired) electrons. The Bertz CT molecular complexity index is 1040. The van der Waals surface area contributed by atoms with Crippen LogP contribution in [0.4, 0.5) is 0 Å². The first kappa shape index (κ1) is 26.3. The van der Waals surface area contributed by atoms with Gasteiger partial charge in [0, 0.05) is 12.1 Å². The topological polar surface area (TPSA) is 79.3 Å². The fourth-order valence-corrected chi connectivity index (χ4v) is 4.10. The first-order chi connectivity index (χ1) is 16.7. The number of aliphatic hydroxyl groups excluding tert-OH is 1. The quantitative estimate of drug-likeness (QED) is 0.287. The molecule has 0 aromatic heterocycles. The maximum atomic E-state index is 13.2. The normalized spacial score (nSPS) is 17.5. The van der Waals surface area contributed by atoms with Crippen molar-refractivity contribution in [2.45, 2.75) is 45.8 Å². The van der Waals surface area contributed by atoms with Crippen LogP contribution in [0.25, 0.3) is 5.76 Å². The number of hydrogen-bond donors (Lipinski definition) is 1. The fourth-order valence-electron chi connectivity index (χ4n) is 4.10. The highest BCUT2D eigenvalue weighted by Gasteiger charge is 2.45. The number of rotatable bonds is 11. The van der Waals surface area contributed by atoms with Crippen molar-refractivity contribution < 1.29 is 24.2 Å². The molecule has 1 amide bonds. The second-order valence-corrected chi connectivity index (χ2v) is 9.26. The van der Waals surface area contributed by atoms with E-state index < -0.39 is 17.7 Å². The SMILES string of the molecule is CCCOc1ccc(C(O)=C2C(=O)C(=O)N(CCCN(C)C)C2c2ccc(OC(C)C)cc2)cc1. The van der Waals surface area contributed by atoms with Gasteiger partial charge in [0.15, 0.2) is 0 Å². The minimum absolute atomic E-state index is 0.0294. The van der Waals surface area contributed by atoms with Gasteiger partial charge in [0.2, 0.25) is 0 Å². The number of benzene rings is 2. The Labute approximate surface area is 207 Å². The molecular formula is C28H36N2O5. The molecule has 1 aliphatic rings. The maximum Gasteiger partial charge on any atom is 0.295 e. The number of amides is 1. The van der Waals surface area contributed by atoms with Crippen molar-refractivity contribution in [1.29, 1.82) is 0 Å².